The first kappa shape index (κ1) is 24.4. The Bertz CT molecular complexity index is 1560. The lowest BCUT2D eigenvalue weighted by Gasteiger charge is -2.31. The van der Waals surface area contributed by atoms with Gasteiger partial charge in [0.15, 0.2) is 5.78 Å². The highest BCUT2D eigenvalue weighted by molar-refractivity contribution is 6.12. The minimum atomic E-state index is -0.701. The van der Waals surface area contributed by atoms with E-state index in [2.05, 4.69) is 82.3 Å². The smallest absolute Gasteiger partial charge is 0.237 e. The number of ketones is 1. The van der Waals surface area contributed by atoms with E-state index in [1.54, 1.807) is 17.1 Å². The Morgan fingerprint density at radius 2 is 1.39 bits per heavy atom. The molecular weight excluding hydrogens is 466 g/mol. The van der Waals surface area contributed by atoms with Gasteiger partial charge in [0.1, 0.15) is 0 Å². The van der Waals surface area contributed by atoms with E-state index in [4.69, 9.17) is 0 Å². The molecule has 0 fully saturated rings. The predicted octanol–water partition coefficient (Wildman–Crippen LogP) is 7.17. The molecule has 1 atom stereocenters. The summed E-state index contributed by atoms with van der Waals surface area (Å²) in [5.74, 6) is 0.106. The maximum absolute atomic E-state index is 13.8. The maximum atomic E-state index is 13.8. The largest absolute Gasteiger partial charge is 0.314 e. The van der Waals surface area contributed by atoms with Crippen molar-refractivity contribution in [3.63, 3.8) is 0 Å². The molecular formula is C35H33NO2. The van der Waals surface area contributed by atoms with Gasteiger partial charge in [-0.2, -0.15) is 0 Å². The lowest BCUT2D eigenvalue weighted by molar-refractivity contribution is -0.122. The Hall–Kier alpha value is -3.98. The Kier molecular flexibility index (Phi) is 5.30. The van der Waals surface area contributed by atoms with Crippen LogP contribution in [-0.4, -0.2) is 18.7 Å². The summed E-state index contributed by atoms with van der Waals surface area (Å²) in [5.41, 5.74) is 7.81. The van der Waals surface area contributed by atoms with Crippen LogP contribution in [-0.2, 0) is 25.8 Å². The van der Waals surface area contributed by atoms with Gasteiger partial charge in [0.2, 0.25) is 5.91 Å². The van der Waals surface area contributed by atoms with Crippen LogP contribution in [0.5, 0.6) is 0 Å². The lowest BCUT2D eigenvalue weighted by atomic mass is 9.71. The quantitative estimate of drug-likeness (QED) is 0.383. The fraction of sp³-hybridized carbons (Fsp3) is 0.257. The van der Waals surface area contributed by atoms with E-state index in [0.29, 0.717) is 6.42 Å². The monoisotopic (exact) mass is 499 g/mol. The number of carbonyl (C=O) groups is 2. The number of nitrogens with zero attached hydrogens (tertiary/aromatic N) is 1. The van der Waals surface area contributed by atoms with Gasteiger partial charge in [0, 0.05) is 12.7 Å². The van der Waals surface area contributed by atoms with Crippen LogP contribution in [0.1, 0.15) is 61.9 Å². The molecule has 190 valence electrons. The Balaban J connectivity index is 1.61. The van der Waals surface area contributed by atoms with E-state index in [9.17, 15) is 9.59 Å². The standard InChI is InChI=1S/C35H33NO2/c1-33(2,3)24-16-14-23(15-17-24)31-27(22-34(4)29-12-8-9-13-30(29)36(5)32(34)38)26-10-6-7-11-28(26)35(31)20-18-25(37)19-21-35/h6-21H,22H2,1-5H3/t34-/m1/s1. The van der Waals surface area contributed by atoms with Gasteiger partial charge in [-0.3, -0.25) is 9.59 Å². The topological polar surface area (TPSA) is 37.4 Å². The van der Waals surface area contributed by atoms with Crippen molar-refractivity contribution in [2.24, 2.45) is 0 Å². The second-order valence-corrected chi connectivity index (χ2v) is 12.1. The van der Waals surface area contributed by atoms with Gasteiger partial charge >= 0.3 is 0 Å². The molecule has 38 heavy (non-hydrogen) atoms. The van der Waals surface area contributed by atoms with Crippen LogP contribution in [0.25, 0.3) is 11.1 Å². The van der Waals surface area contributed by atoms with Crippen molar-refractivity contribution in [2.75, 3.05) is 11.9 Å². The first-order valence-corrected chi connectivity index (χ1v) is 13.3. The van der Waals surface area contributed by atoms with E-state index < -0.39 is 10.8 Å². The molecule has 1 spiro atoms. The van der Waals surface area contributed by atoms with Gasteiger partial charge in [-0.05, 0) is 75.9 Å². The van der Waals surface area contributed by atoms with E-state index in [-0.39, 0.29) is 17.1 Å². The number of benzene rings is 3. The van der Waals surface area contributed by atoms with Gasteiger partial charge < -0.3 is 4.90 Å². The summed E-state index contributed by atoms with van der Waals surface area (Å²) in [6.45, 7) is 8.74. The third-order valence-corrected chi connectivity index (χ3v) is 8.64. The molecule has 0 N–H and O–H groups in total. The van der Waals surface area contributed by atoms with Crippen molar-refractivity contribution in [3.8, 4) is 0 Å². The molecule has 1 aliphatic heterocycles. The molecule has 0 unspecified atom stereocenters. The third kappa shape index (κ3) is 3.41. The molecule has 3 nitrogen and oxygen atoms in total. The summed E-state index contributed by atoms with van der Waals surface area (Å²) < 4.78 is 0. The van der Waals surface area contributed by atoms with Crippen molar-refractivity contribution in [3.05, 3.63) is 125 Å². The summed E-state index contributed by atoms with van der Waals surface area (Å²) in [6, 6.07) is 25.4. The number of hydrogen-bond donors (Lipinski definition) is 0. The minimum Gasteiger partial charge on any atom is -0.314 e. The lowest BCUT2D eigenvalue weighted by Crippen LogP contribution is -2.36. The molecule has 1 amide bonds. The minimum absolute atomic E-state index is 0.00234. The zero-order valence-electron chi connectivity index (χ0n) is 22.7. The first-order valence-electron chi connectivity index (χ1n) is 13.3. The number of carbonyl (C=O) groups excluding carboxylic acids is 2. The molecule has 0 radical (unpaired) electrons. The van der Waals surface area contributed by atoms with Crippen LogP contribution in [0, 0.1) is 0 Å². The van der Waals surface area contributed by atoms with Gasteiger partial charge in [-0.1, -0.05) is 99.7 Å². The number of rotatable bonds is 3. The van der Waals surface area contributed by atoms with Crippen LogP contribution in [0.3, 0.4) is 0 Å². The number of hydrogen-bond acceptors (Lipinski definition) is 2. The molecule has 1 heterocycles. The molecule has 3 aromatic carbocycles. The van der Waals surface area contributed by atoms with E-state index in [1.807, 2.05) is 37.4 Å². The van der Waals surface area contributed by atoms with Gasteiger partial charge in [0.25, 0.3) is 0 Å². The van der Waals surface area contributed by atoms with Crippen LogP contribution >= 0.6 is 0 Å². The maximum Gasteiger partial charge on any atom is 0.237 e. The average Bonchev–Trinajstić information content (AvgIpc) is 3.27. The van der Waals surface area contributed by atoms with Crippen LogP contribution in [0.2, 0.25) is 0 Å². The highest BCUT2D eigenvalue weighted by atomic mass is 16.2. The molecule has 3 aliphatic rings. The van der Waals surface area contributed by atoms with Crippen molar-refractivity contribution in [1.29, 1.82) is 0 Å². The summed E-state index contributed by atoms with van der Waals surface area (Å²) in [5, 5.41) is 0. The van der Waals surface area contributed by atoms with Gasteiger partial charge in [0.05, 0.1) is 10.8 Å². The zero-order valence-corrected chi connectivity index (χ0v) is 22.7. The summed E-state index contributed by atoms with van der Waals surface area (Å²) >= 11 is 0. The van der Waals surface area contributed by atoms with Crippen molar-refractivity contribution >= 4 is 28.5 Å². The molecule has 0 saturated carbocycles. The number of amides is 1. The molecule has 6 rings (SSSR count). The van der Waals surface area contributed by atoms with Crippen LogP contribution in [0.15, 0.2) is 97.1 Å². The SMILES string of the molecule is CN1C(=O)[C@](C)(CC2=C(c3ccc(C(C)(C)C)cc3)C3(C=CC(=O)C=C3)c3ccccc32)c2ccccc21. The Morgan fingerprint density at radius 1 is 0.789 bits per heavy atom. The second kappa shape index (κ2) is 8.26. The predicted molar refractivity (Wildman–Crippen MR) is 155 cm³/mol. The highest BCUT2D eigenvalue weighted by Gasteiger charge is 2.50. The number of likely N-dealkylation sites (N-methyl/N-ethyl adjacent to an activating group) is 1. The Labute approximate surface area is 225 Å². The van der Waals surface area contributed by atoms with Crippen LogP contribution < -0.4 is 4.90 Å². The molecule has 0 bridgehead atoms. The van der Waals surface area contributed by atoms with Crippen molar-refractivity contribution < 1.29 is 9.59 Å². The summed E-state index contributed by atoms with van der Waals surface area (Å²) in [4.78, 5) is 27.9. The Morgan fingerprint density at radius 3 is 2.05 bits per heavy atom. The second-order valence-electron chi connectivity index (χ2n) is 12.1. The van der Waals surface area contributed by atoms with Crippen molar-refractivity contribution in [2.45, 2.75) is 50.4 Å². The zero-order chi connectivity index (χ0) is 26.9. The van der Waals surface area contributed by atoms with E-state index in [0.717, 1.165) is 39.1 Å². The number of anilines is 1. The van der Waals surface area contributed by atoms with E-state index in [1.165, 1.54) is 5.56 Å². The first-order chi connectivity index (χ1) is 18.1. The summed E-state index contributed by atoms with van der Waals surface area (Å²) in [6.07, 6.45) is 8.04. The van der Waals surface area contributed by atoms with Gasteiger partial charge in [-0.25, -0.2) is 0 Å². The number of para-hydroxylation sites is 1. The van der Waals surface area contributed by atoms with Crippen LogP contribution in [0.4, 0.5) is 5.69 Å². The highest BCUT2D eigenvalue weighted by Crippen LogP contribution is 2.57. The van der Waals surface area contributed by atoms with Crippen molar-refractivity contribution in [1.82, 2.24) is 0 Å². The molecule has 0 aromatic heterocycles. The summed E-state index contributed by atoms with van der Waals surface area (Å²) in [7, 11) is 1.87. The van der Waals surface area contributed by atoms with E-state index >= 15 is 0 Å². The molecule has 0 saturated heterocycles. The number of fused-ring (bicyclic) bond motifs is 3. The average molecular weight is 500 g/mol. The molecule has 2 aliphatic carbocycles. The molecule has 3 heteroatoms. The third-order valence-electron chi connectivity index (χ3n) is 8.64. The number of allylic oxidation sites excluding steroid dienone is 6. The normalized spacial score (nSPS) is 21.4. The fourth-order valence-electron chi connectivity index (χ4n) is 6.60. The fourth-order valence-corrected chi connectivity index (χ4v) is 6.60. The van der Waals surface area contributed by atoms with Gasteiger partial charge in [-0.15, -0.1) is 0 Å². The molecule has 3 aromatic rings.